The molecule has 3 aromatic heterocycles. The van der Waals surface area contributed by atoms with Gasteiger partial charge in [0.2, 0.25) is 0 Å². The lowest BCUT2D eigenvalue weighted by Gasteiger charge is -2.08. The van der Waals surface area contributed by atoms with E-state index in [2.05, 4.69) is 5.32 Å². The zero-order valence-corrected chi connectivity index (χ0v) is 15.8. The fourth-order valence-corrected chi connectivity index (χ4v) is 3.37. The third-order valence-electron chi connectivity index (χ3n) is 4.82. The van der Waals surface area contributed by atoms with Crippen molar-refractivity contribution in [2.24, 2.45) is 0 Å². The van der Waals surface area contributed by atoms with Crippen LogP contribution in [-0.2, 0) is 13.1 Å². The smallest absolute Gasteiger partial charge is 0.287 e. The van der Waals surface area contributed by atoms with E-state index in [4.69, 9.17) is 9.15 Å². The standard InChI is InChI=1S/C21H21N3O4/c1-3-23-10-7-14-8-11-24(21(26)18(14)23)12-9-22-20(25)17-13-15-5-4-6-16(27-2)19(15)28-17/h4-8,10-11,13H,3,9,12H2,1-2H3,(H,22,25). The zero-order valence-electron chi connectivity index (χ0n) is 15.8. The second-order valence-corrected chi connectivity index (χ2v) is 6.47. The number of nitrogens with zero attached hydrogens (tertiary/aromatic N) is 2. The summed E-state index contributed by atoms with van der Waals surface area (Å²) in [7, 11) is 1.56. The third kappa shape index (κ3) is 3.05. The first-order valence-electron chi connectivity index (χ1n) is 9.15. The number of nitrogens with one attached hydrogen (secondary N) is 1. The van der Waals surface area contributed by atoms with Crippen molar-refractivity contribution in [1.82, 2.24) is 14.5 Å². The number of carbonyl (C=O) groups is 1. The fraction of sp³-hybridized carbons (Fsp3) is 0.238. The Hall–Kier alpha value is -3.48. The molecule has 4 aromatic rings. The number of fused-ring (bicyclic) bond motifs is 2. The molecule has 0 aliphatic heterocycles. The maximum atomic E-state index is 12.7. The number of hydrogen-bond donors (Lipinski definition) is 1. The number of furan rings is 1. The Kier molecular flexibility index (Phi) is 4.65. The van der Waals surface area contributed by atoms with Crippen LogP contribution in [0.1, 0.15) is 17.5 Å². The first-order valence-corrected chi connectivity index (χ1v) is 9.15. The van der Waals surface area contributed by atoms with Crippen molar-refractivity contribution in [1.29, 1.82) is 0 Å². The summed E-state index contributed by atoms with van der Waals surface area (Å²) < 4.78 is 14.4. The van der Waals surface area contributed by atoms with Gasteiger partial charge in [-0.25, -0.2) is 0 Å². The molecule has 0 atom stereocenters. The molecule has 0 fully saturated rings. The Morgan fingerprint density at radius 1 is 1.14 bits per heavy atom. The summed E-state index contributed by atoms with van der Waals surface area (Å²) in [6.45, 7) is 3.41. The van der Waals surface area contributed by atoms with Gasteiger partial charge in [0.25, 0.3) is 11.5 Å². The highest BCUT2D eigenvalue weighted by Crippen LogP contribution is 2.28. The Balaban J connectivity index is 1.48. The minimum absolute atomic E-state index is 0.0629. The maximum absolute atomic E-state index is 12.7. The number of aryl methyl sites for hydroxylation is 1. The van der Waals surface area contributed by atoms with Crippen molar-refractivity contribution < 1.29 is 13.9 Å². The summed E-state index contributed by atoms with van der Waals surface area (Å²) in [5.74, 6) is 0.460. The molecule has 28 heavy (non-hydrogen) atoms. The van der Waals surface area contributed by atoms with Crippen LogP contribution in [0.2, 0.25) is 0 Å². The van der Waals surface area contributed by atoms with Crippen molar-refractivity contribution in [3.63, 3.8) is 0 Å². The second kappa shape index (κ2) is 7.26. The topological polar surface area (TPSA) is 78.4 Å². The van der Waals surface area contributed by atoms with Crippen LogP contribution < -0.4 is 15.6 Å². The molecule has 0 unspecified atom stereocenters. The largest absolute Gasteiger partial charge is 0.493 e. The lowest BCUT2D eigenvalue weighted by molar-refractivity contribution is 0.0926. The van der Waals surface area contributed by atoms with E-state index in [0.717, 1.165) is 17.3 Å². The van der Waals surface area contributed by atoms with E-state index in [0.29, 0.717) is 29.9 Å². The van der Waals surface area contributed by atoms with Gasteiger partial charge in [-0.2, -0.15) is 0 Å². The molecule has 3 heterocycles. The Morgan fingerprint density at radius 3 is 2.68 bits per heavy atom. The molecule has 144 valence electrons. The summed E-state index contributed by atoms with van der Waals surface area (Å²) in [5, 5.41) is 4.52. The van der Waals surface area contributed by atoms with Crippen LogP contribution in [0.4, 0.5) is 0 Å². The molecule has 0 radical (unpaired) electrons. The number of aromatic nitrogens is 2. The quantitative estimate of drug-likeness (QED) is 0.559. The highest BCUT2D eigenvalue weighted by atomic mass is 16.5. The SMILES string of the molecule is CCn1ccc2ccn(CCNC(=O)c3cc4cccc(OC)c4o3)c(=O)c21. The van der Waals surface area contributed by atoms with Crippen LogP contribution in [-0.4, -0.2) is 28.7 Å². The number of amides is 1. The molecule has 0 bridgehead atoms. The first kappa shape index (κ1) is 17.9. The molecule has 1 aromatic carbocycles. The van der Waals surface area contributed by atoms with Gasteiger partial charge in [-0.1, -0.05) is 12.1 Å². The van der Waals surface area contributed by atoms with Crippen LogP contribution in [0.5, 0.6) is 5.75 Å². The molecule has 0 saturated heterocycles. The highest BCUT2D eigenvalue weighted by Gasteiger charge is 2.14. The van der Waals surface area contributed by atoms with Crippen LogP contribution in [0.25, 0.3) is 21.9 Å². The lowest BCUT2D eigenvalue weighted by atomic mass is 10.2. The molecule has 0 spiro atoms. The van der Waals surface area contributed by atoms with E-state index >= 15 is 0 Å². The van der Waals surface area contributed by atoms with Crippen molar-refractivity contribution in [2.75, 3.05) is 13.7 Å². The molecule has 7 nitrogen and oxygen atoms in total. The molecule has 1 amide bonds. The minimum atomic E-state index is -0.329. The molecular weight excluding hydrogens is 358 g/mol. The first-order chi connectivity index (χ1) is 13.6. The van der Waals surface area contributed by atoms with Gasteiger partial charge in [0.15, 0.2) is 17.1 Å². The molecule has 0 aliphatic rings. The number of para-hydroxylation sites is 1. The normalized spacial score (nSPS) is 11.2. The van der Waals surface area contributed by atoms with Gasteiger partial charge in [-0.15, -0.1) is 0 Å². The monoisotopic (exact) mass is 379 g/mol. The van der Waals surface area contributed by atoms with Gasteiger partial charge < -0.3 is 23.6 Å². The van der Waals surface area contributed by atoms with Crippen molar-refractivity contribution >= 4 is 27.8 Å². The van der Waals surface area contributed by atoms with Gasteiger partial charge in [-0.05, 0) is 31.2 Å². The summed E-state index contributed by atoms with van der Waals surface area (Å²) in [4.78, 5) is 25.1. The van der Waals surface area contributed by atoms with E-state index in [-0.39, 0.29) is 17.2 Å². The van der Waals surface area contributed by atoms with Crippen molar-refractivity contribution in [2.45, 2.75) is 20.0 Å². The number of benzene rings is 1. The van der Waals surface area contributed by atoms with Gasteiger partial charge in [0.1, 0.15) is 5.52 Å². The summed E-state index contributed by atoms with van der Waals surface area (Å²) in [6.07, 6.45) is 3.66. The number of pyridine rings is 1. The third-order valence-corrected chi connectivity index (χ3v) is 4.82. The van der Waals surface area contributed by atoms with E-state index in [9.17, 15) is 9.59 Å². The number of rotatable bonds is 6. The van der Waals surface area contributed by atoms with Crippen LogP contribution in [0, 0.1) is 0 Å². The molecule has 4 rings (SSSR count). The second-order valence-electron chi connectivity index (χ2n) is 6.47. The summed E-state index contributed by atoms with van der Waals surface area (Å²) in [5.41, 5.74) is 1.16. The van der Waals surface area contributed by atoms with Gasteiger partial charge in [0, 0.05) is 42.8 Å². The zero-order chi connectivity index (χ0) is 19.7. The van der Waals surface area contributed by atoms with Gasteiger partial charge >= 0.3 is 0 Å². The average molecular weight is 379 g/mol. The number of carbonyl (C=O) groups excluding carboxylic acids is 1. The van der Waals surface area contributed by atoms with Gasteiger partial charge in [-0.3, -0.25) is 9.59 Å². The maximum Gasteiger partial charge on any atom is 0.287 e. The summed E-state index contributed by atoms with van der Waals surface area (Å²) >= 11 is 0. The Labute approximate surface area is 161 Å². The number of ether oxygens (including phenoxy) is 1. The summed E-state index contributed by atoms with van der Waals surface area (Å²) in [6, 6.07) is 11.0. The molecule has 0 saturated carbocycles. The van der Waals surface area contributed by atoms with Crippen LogP contribution in [0.3, 0.4) is 0 Å². The molecule has 0 aliphatic carbocycles. The molecule has 7 heteroatoms. The van der Waals surface area contributed by atoms with E-state index in [1.54, 1.807) is 30.0 Å². The fourth-order valence-electron chi connectivity index (χ4n) is 3.37. The number of methoxy groups -OCH3 is 1. The van der Waals surface area contributed by atoms with E-state index < -0.39 is 0 Å². The predicted molar refractivity (Wildman–Crippen MR) is 107 cm³/mol. The van der Waals surface area contributed by atoms with Crippen LogP contribution in [0.15, 0.2) is 58.0 Å². The van der Waals surface area contributed by atoms with Gasteiger partial charge in [0.05, 0.1) is 7.11 Å². The number of hydrogen-bond acceptors (Lipinski definition) is 4. The van der Waals surface area contributed by atoms with Crippen LogP contribution >= 0.6 is 0 Å². The van der Waals surface area contributed by atoms with Crippen molar-refractivity contribution in [3.05, 3.63) is 64.9 Å². The predicted octanol–water partition coefficient (Wildman–Crippen LogP) is 3.01. The van der Waals surface area contributed by atoms with E-state index in [1.807, 2.05) is 42.0 Å². The average Bonchev–Trinajstić information content (AvgIpc) is 3.33. The molecule has 1 N–H and O–H groups in total. The minimum Gasteiger partial charge on any atom is -0.493 e. The molecular formula is C21H21N3O4. The Bertz CT molecular complexity index is 1220. The highest BCUT2D eigenvalue weighted by molar-refractivity contribution is 5.97. The lowest BCUT2D eigenvalue weighted by Crippen LogP contribution is -2.30. The van der Waals surface area contributed by atoms with E-state index in [1.165, 1.54) is 0 Å². The Morgan fingerprint density at radius 2 is 1.93 bits per heavy atom. The van der Waals surface area contributed by atoms with Crippen molar-refractivity contribution in [3.8, 4) is 5.75 Å².